The van der Waals surface area contributed by atoms with Gasteiger partial charge in [-0.2, -0.15) is 0 Å². The average Bonchev–Trinajstić information content (AvgIpc) is 2.85. The summed E-state index contributed by atoms with van der Waals surface area (Å²) in [5.41, 5.74) is 6.11. The number of ether oxygens (including phenoxy) is 1. The summed E-state index contributed by atoms with van der Waals surface area (Å²) >= 11 is 0. The smallest absolute Gasteiger partial charge is 0.0728 e. The van der Waals surface area contributed by atoms with Gasteiger partial charge in [0.25, 0.3) is 0 Å². The molecule has 0 aromatic carbocycles. The Kier molecular flexibility index (Phi) is 2.94. The molecule has 3 saturated heterocycles. The van der Waals surface area contributed by atoms with E-state index in [1.54, 1.807) is 0 Å². The molecule has 2 N–H and O–H groups in total. The maximum atomic E-state index is 6.11. The first-order valence-electron chi connectivity index (χ1n) is 6.90. The summed E-state index contributed by atoms with van der Waals surface area (Å²) in [6, 6.07) is 2.54. The molecule has 0 amide bonds. The Balaban J connectivity index is 1.70. The summed E-state index contributed by atoms with van der Waals surface area (Å²) in [6.07, 6.45) is 8.10. The fraction of sp³-hybridized carbons (Fsp3) is 1.00. The van der Waals surface area contributed by atoms with Gasteiger partial charge in [-0.15, -0.1) is 0 Å². The SMILES string of the molecule is CC(C1CCCO1)N1C2CCC1CC(N)C2. The molecule has 0 aromatic heterocycles. The molecule has 4 atom stereocenters. The van der Waals surface area contributed by atoms with E-state index in [-0.39, 0.29) is 0 Å². The van der Waals surface area contributed by atoms with Crippen molar-refractivity contribution in [2.24, 2.45) is 5.73 Å². The van der Waals surface area contributed by atoms with Crippen LogP contribution < -0.4 is 5.73 Å². The molecule has 3 aliphatic heterocycles. The quantitative estimate of drug-likeness (QED) is 0.772. The summed E-state index contributed by atoms with van der Waals surface area (Å²) in [5.74, 6) is 0. The monoisotopic (exact) mass is 224 g/mol. The molecule has 3 heteroatoms. The van der Waals surface area contributed by atoms with E-state index >= 15 is 0 Å². The molecular weight excluding hydrogens is 200 g/mol. The van der Waals surface area contributed by atoms with Crippen LogP contribution in [0.4, 0.5) is 0 Å². The van der Waals surface area contributed by atoms with E-state index in [1.165, 1.54) is 38.5 Å². The van der Waals surface area contributed by atoms with Crippen LogP contribution in [0.3, 0.4) is 0 Å². The van der Waals surface area contributed by atoms with E-state index in [9.17, 15) is 0 Å². The third-order valence-electron chi connectivity index (χ3n) is 4.80. The number of nitrogens with zero attached hydrogens (tertiary/aromatic N) is 1. The third-order valence-corrected chi connectivity index (χ3v) is 4.80. The summed E-state index contributed by atoms with van der Waals surface area (Å²) in [5, 5.41) is 0. The Morgan fingerprint density at radius 2 is 1.88 bits per heavy atom. The number of hydrogen-bond donors (Lipinski definition) is 1. The molecule has 4 unspecified atom stereocenters. The third kappa shape index (κ3) is 1.79. The second kappa shape index (κ2) is 4.28. The molecule has 92 valence electrons. The van der Waals surface area contributed by atoms with Gasteiger partial charge in [0, 0.05) is 30.8 Å². The van der Waals surface area contributed by atoms with E-state index in [0.717, 1.165) is 18.7 Å². The fourth-order valence-corrected chi connectivity index (χ4v) is 4.10. The molecule has 0 aliphatic carbocycles. The number of fused-ring (bicyclic) bond motifs is 2. The molecular formula is C13H24N2O. The lowest BCUT2D eigenvalue weighted by Gasteiger charge is -2.43. The van der Waals surface area contributed by atoms with E-state index in [4.69, 9.17) is 10.5 Å². The molecule has 0 radical (unpaired) electrons. The average molecular weight is 224 g/mol. The molecule has 3 aliphatic rings. The summed E-state index contributed by atoms with van der Waals surface area (Å²) in [4.78, 5) is 2.74. The zero-order chi connectivity index (χ0) is 11.1. The number of piperidine rings is 1. The van der Waals surface area contributed by atoms with Crippen molar-refractivity contribution in [3.8, 4) is 0 Å². The molecule has 16 heavy (non-hydrogen) atoms. The van der Waals surface area contributed by atoms with Crippen molar-refractivity contribution in [3.63, 3.8) is 0 Å². The molecule has 0 saturated carbocycles. The highest BCUT2D eigenvalue weighted by Gasteiger charge is 2.44. The van der Waals surface area contributed by atoms with Crippen LogP contribution >= 0.6 is 0 Å². The van der Waals surface area contributed by atoms with Gasteiger partial charge >= 0.3 is 0 Å². The lowest BCUT2D eigenvalue weighted by Crippen LogP contribution is -2.54. The molecule has 2 bridgehead atoms. The van der Waals surface area contributed by atoms with Crippen LogP contribution in [0.25, 0.3) is 0 Å². The first-order valence-corrected chi connectivity index (χ1v) is 6.90. The number of hydrogen-bond acceptors (Lipinski definition) is 3. The van der Waals surface area contributed by atoms with Gasteiger partial charge in [-0.3, -0.25) is 4.90 Å². The largest absolute Gasteiger partial charge is 0.377 e. The maximum Gasteiger partial charge on any atom is 0.0728 e. The van der Waals surface area contributed by atoms with E-state index in [0.29, 0.717) is 18.2 Å². The Morgan fingerprint density at radius 1 is 1.19 bits per heavy atom. The molecule has 0 aromatic rings. The molecule has 3 nitrogen and oxygen atoms in total. The van der Waals surface area contributed by atoms with E-state index in [2.05, 4.69) is 11.8 Å². The second-order valence-electron chi connectivity index (χ2n) is 5.86. The first kappa shape index (κ1) is 11.0. The predicted octanol–water partition coefficient (Wildman–Crippen LogP) is 1.51. The van der Waals surface area contributed by atoms with Crippen molar-refractivity contribution >= 4 is 0 Å². The fourth-order valence-electron chi connectivity index (χ4n) is 4.10. The normalized spacial score (nSPS) is 46.1. The minimum Gasteiger partial charge on any atom is -0.377 e. The van der Waals surface area contributed by atoms with Gasteiger partial charge in [0.15, 0.2) is 0 Å². The van der Waals surface area contributed by atoms with Gasteiger partial charge in [-0.05, 0) is 45.4 Å². The Bertz CT molecular complexity index is 238. The van der Waals surface area contributed by atoms with Gasteiger partial charge in [0.05, 0.1) is 6.10 Å². The maximum absolute atomic E-state index is 6.11. The lowest BCUT2D eigenvalue weighted by molar-refractivity contribution is -0.00750. The van der Waals surface area contributed by atoms with E-state index < -0.39 is 0 Å². The predicted molar refractivity (Wildman–Crippen MR) is 64.3 cm³/mol. The topological polar surface area (TPSA) is 38.5 Å². The van der Waals surface area contributed by atoms with Crippen molar-refractivity contribution in [3.05, 3.63) is 0 Å². The van der Waals surface area contributed by atoms with Gasteiger partial charge in [0.2, 0.25) is 0 Å². The number of rotatable bonds is 2. The van der Waals surface area contributed by atoms with Gasteiger partial charge < -0.3 is 10.5 Å². The highest BCUT2D eigenvalue weighted by Crippen LogP contribution is 2.38. The standard InChI is InChI=1S/C13H24N2O/c1-9(13-3-2-6-16-13)15-11-4-5-12(15)8-10(14)7-11/h9-13H,2-8,14H2,1H3. The first-order chi connectivity index (χ1) is 7.75. The zero-order valence-corrected chi connectivity index (χ0v) is 10.3. The Labute approximate surface area is 98.3 Å². The van der Waals surface area contributed by atoms with Crippen LogP contribution in [-0.4, -0.2) is 41.8 Å². The van der Waals surface area contributed by atoms with Crippen LogP contribution in [0.1, 0.15) is 45.4 Å². The van der Waals surface area contributed by atoms with Crippen LogP contribution in [-0.2, 0) is 4.74 Å². The number of nitrogens with two attached hydrogens (primary N) is 1. The van der Waals surface area contributed by atoms with Crippen molar-refractivity contribution in [2.75, 3.05) is 6.61 Å². The van der Waals surface area contributed by atoms with Crippen molar-refractivity contribution in [1.29, 1.82) is 0 Å². The highest BCUT2D eigenvalue weighted by atomic mass is 16.5. The van der Waals surface area contributed by atoms with Gasteiger partial charge in [0.1, 0.15) is 0 Å². The summed E-state index contributed by atoms with van der Waals surface area (Å²) < 4.78 is 5.85. The minimum absolute atomic E-state index is 0.449. The van der Waals surface area contributed by atoms with Crippen LogP contribution in [0, 0.1) is 0 Å². The van der Waals surface area contributed by atoms with Crippen LogP contribution in [0.2, 0.25) is 0 Å². The summed E-state index contributed by atoms with van der Waals surface area (Å²) in [6.45, 7) is 3.33. The molecule has 3 fully saturated rings. The Morgan fingerprint density at radius 3 is 2.44 bits per heavy atom. The van der Waals surface area contributed by atoms with Crippen LogP contribution in [0.15, 0.2) is 0 Å². The second-order valence-corrected chi connectivity index (χ2v) is 5.86. The molecule has 3 heterocycles. The van der Waals surface area contributed by atoms with Crippen molar-refractivity contribution in [1.82, 2.24) is 4.90 Å². The van der Waals surface area contributed by atoms with Crippen LogP contribution in [0.5, 0.6) is 0 Å². The van der Waals surface area contributed by atoms with Crippen molar-refractivity contribution in [2.45, 2.75) is 75.7 Å². The summed E-state index contributed by atoms with van der Waals surface area (Å²) in [7, 11) is 0. The van der Waals surface area contributed by atoms with E-state index in [1.807, 2.05) is 0 Å². The minimum atomic E-state index is 0.449. The highest BCUT2D eigenvalue weighted by molar-refractivity contribution is 5.00. The Hall–Kier alpha value is -0.120. The van der Waals surface area contributed by atoms with Crippen molar-refractivity contribution < 1.29 is 4.74 Å². The molecule has 0 spiro atoms. The van der Waals surface area contributed by atoms with Gasteiger partial charge in [-0.1, -0.05) is 0 Å². The molecule has 3 rings (SSSR count). The lowest BCUT2D eigenvalue weighted by atomic mass is 9.94. The zero-order valence-electron chi connectivity index (χ0n) is 10.3. The van der Waals surface area contributed by atoms with Gasteiger partial charge in [-0.25, -0.2) is 0 Å².